The number of halogens is 1. The van der Waals surface area contributed by atoms with Crippen LogP contribution in [0.5, 0.6) is 5.75 Å². The summed E-state index contributed by atoms with van der Waals surface area (Å²) in [6, 6.07) is 11.6. The molecule has 198 valence electrons. The van der Waals surface area contributed by atoms with Crippen LogP contribution < -0.4 is 14.4 Å². The number of sulfonamides is 1. The number of hydrogen-bond acceptors (Lipinski definition) is 5. The van der Waals surface area contributed by atoms with E-state index in [4.69, 9.17) is 4.74 Å². The highest BCUT2D eigenvalue weighted by atomic mass is 32.2. The lowest BCUT2D eigenvalue weighted by molar-refractivity contribution is -0.140. The predicted octanol–water partition coefficient (Wildman–Crippen LogP) is 3.71. The molecule has 2 unspecified atom stereocenters. The molecule has 1 N–H and O–H groups in total. The first kappa shape index (κ1) is 29.1. The molecule has 0 aromatic heterocycles. The van der Waals surface area contributed by atoms with E-state index in [0.717, 1.165) is 22.5 Å². The fourth-order valence-corrected chi connectivity index (χ4v) is 4.55. The van der Waals surface area contributed by atoms with E-state index in [1.807, 2.05) is 26.0 Å². The number of anilines is 1. The molecule has 0 spiro atoms. The zero-order valence-electron chi connectivity index (χ0n) is 21.5. The summed E-state index contributed by atoms with van der Waals surface area (Å²) in [5, 5.41) is 2.92. The van der Waals surface area contributed by atoms with Gasteiger partial charge in [0.05, 0.1) is 19.1 Å². The van der Waals surface area contributed by atoms with Crippen LogP contribution in [0.4, 0.5) is 10.1 Å². The van der Waals surface area contributed by atoms with Crippen LogP contribution in [0.1, 0.15) is 45.6 Å². The average Bonchev–Trinajstić information content (AvgIpc) is 2.84. The summed E-state index contributed by atoms with van der Waals surface area (Å²) in [6.45, 7) is 5.80. The molecule has 0 radical (unpaired) electrons. The van der Waals surface area contributed by atoms with E-state index in [1.54, 1.807) is 26.2 Å². The molecular formula is C26H36FN3O5S. The van der Waals surface area contributed by atoms with Crippen molar-refractivity contribution in [2.24, 2.45) is 0 Å². The predicted molar refractivity (Wildman–Crippen MR) is 139 cm³/mol. The number of amides is 2. The molecule has 2 rings (SSSR count). The van der Waals surface area contributed by atoms with Crippen LogP contribution in [0.25, 0.3) is 0 Å². The Hall–Kier alpha value is -3.14. The van der Waals surface area contributed by atoms with Crippen molar-refractivity contribution in [2.45, 2.75) is 58.7 Å². The third-order valence-corrected chi connectivity index (χ3v) is 7.14. The Morgan fingerprint density at radius 1 is 1.06 bits per heavy atom. The number of carbonyl (C=O) groups is 2. The highest BCUT2D eigenvalue weighted by Crippen LogP contribution is 2.20. The van der Waals surface area contributed by atoms with E-state index >= 15 is 0 Å². The van der Waals surface area contributed by atoms with Crippen molar-refractivity contribution in [1.82, 2.24) is 10.2 Å². The molecule has 0 aliphatic rings. The molecule has 36 heavy (non-hydrogen) atoms. The minimum absolute atomic E-state index is 0.0306. The lowest BCUT2D eigenvalue weighted by Crippen LogP contribution is -2.49. The Balaban J connectivity index is 2.17. The smallest absolute Gasteiger partial charge is 0.242 e. The van der Waals surface area contributed by atoms with Crippen molar-refractivity contribution in [1.29, 1.82) is 0 Å². The zero-order chi connectivity index (χ0) is 26.9. The Labute approximate surface area is 213 Å². The maximum absolute atomic E-state index is 13.3. The number of benzene rings is 2. The zero-order valence-corrected chi connectivity index (χ0v) is 22.3. The summed E-state index contributed by atoms with van der Waals surface area (Å²) >= 11 is 0. The third-order valence-electron chi connectivity index (χ3n) is 5.95. The van der Waals surface area contributed by atoms with Gasteiger partial charge < -0.3 is 15.0 Å². The van der Waals surface area contributed by atoms with Gasteiger partial charge in [-0.25, -0.2) is 12.8 Å². The molecular weight excluding hydrogens is 485 g/mol. The summed E-state index contributed by atoms with van der Waals surface area (Å²) in [5.74, 6) is -0.317. The maximum Gasteiger partial charge on any atom is 0.242 e. The fraction of sp³-hybridized carbons (Fsp3) is 0.462. The van der Waals surface area contributed by atoms with Gasteiger partial charge in [-0.05, 0) is 68.7 Å². The molecule has 0 saturated carbocycles. The first-order valence-corrected chi connectivity index (χ1v) is 13.8. The second-order valence-corrected chi connectivity index (χ2v) is 10.7. The van der Waals surface area contributed by atoms with Crippen LogP contribution >= 0.6 is 0 Å². The summed E-state index contributed by atoms with van der Waals surface area (Å²) in [6.07, 6.45) is 2.08. The Morgan fingerprint density at radius 3 is 2.19 bits per heavy atom. The Bertz CT molecular complexity index is 1110. The lowest BCUT2D eigenvalue weighted by atomic mass is 10.1. The molecule has 0 heterocycles. The van der Waals surface area contributed by atoms with Crippen molar-refractivity contribution in [3.05, 3.63) is 59.9 Å². The normalized spacial score (nSPS) is 12.9. The molecule has 0 bridgehead atoms. The number of rotatable bonds is 13. The Kier molecular flexibility index (Phi) is 10.7. The van der Waals surface area contributed by atoms with Gasteiger partial charge in [-0.1, -0.05) is 19.1 Å². The maximum atomic E-state index is 13.3. The summed E-state index contributed by atoms with van der Waals surface area (Å²) in [5.41, 5.74) is 1.15. The van der Waals surface area contributed by atoms with Gasteiger partial charge in [0.1, 0.15) is 17.6 Å². The highest BCUT2D eigenvalue weighted by molar-refractivity contribution is 7.92. The quantitative estimate of drug-likeness (QED) is 0.434. The van der Waals surface area contributed by atoms with Gasteiger partial charge in [-0.3, -0.25) is 13.9 Å². The molecule has 10 heteroatoms. The van der Waals surface area contributed by atoms with Crippen molar-refractivity contribution >= 4 is 27.5 Å². The molecule has 0 aliphatic carbocycles. The molecule has 2 amide bonds. The summed E-state index contributed by atoms with van der Waals surface area (Å²) in [7, 11) is -2.07. The number of carbonyl (C=O) groups excluding carboxylic acids is 2. The van der Waals surface area contributed by atoms with Gasteiger partial charge in [0.2, 0.25) is 21.8 Å². The number of methoxy groups -OCH3 is 1. The minimum Gasteiger partial charge on any atom is -0.497 e. The van der Waals surface area contributed by atoms with Crippen molar-refractivity contribution < 1.29 is 27.1 Å². The molecule has 0 fully saturated rings. The molecule has 2 atom stereocenters. The van der Waals surface area contributed by atoms with Crippen LogP contribution in [0, 0.1) is 5.82 Å². The number of nitrogens with one attached hydrogen (secondary N) is 1. The number of hydrogen-bond donors (Lipinski definition) is 1. The topological polar surface area (TPSA) is 96.0 Å². The third kappa shape index (κ3) is 8.51. The lowest BCUT2D eigenvalue weighted by Gasteiger charge is -2.30. The van der Waals surface area contributed by atoms with E-state index in [2.05, 4.69) is 5.32 Å². The van der Waals surface area contributed by atoms with Gasteiger partial charge >= 0.3 is 0 Å². The van der Waals surface area contributed by atoms with E-state index in [9.17, 15) is 22.4 Å². The van der Waals surface area contributed by atoms with E-state index in [0.29, 0.717) is 11.4 Å². The molecule has 8 nitrogen and oxygen atoms in total. The van der Waals surface area contributed by atoms with Crippen molar-refractivity contribution in [3.8, 4) is 5.75 Å². The van der Waals surface area contributed by atoms with Crippen molar-refractivity contribution in [3.63, 3.8) is 0 Å². The van der Waals surface area contributed by atoms with Crippen LogP contribution in [-0.2, 0) is 26.2 Å². The van der Waals surface area contributed by atoms with Crippen LogP contribution in [0.15, 0.2) is 48.5 Å². The van der Waals surface area contributed by atoms with Gasteiger partial charge in [0.15, 0.2) is 0 Å². The standard InChI is InChI=1S/C26H36FN3O5S/c1-6-19(2)28-26(32)20(3)29(18-21-9-15-24(35-4)16-10-21)25(31)8-7-17-30(36(5,33)34)23-13-11-22(27)12-14-23/h9-16,19-20H,6-8,17-18H2,1-5H3,(H,28,32). The Morgan fingerprint density at radius 2 is 1.67 bits per heavy atom. The first-order chi connectivity index (χ1) is 17.0. The van der Waals surface area contributed by atoms with Crippen molar-refractivity contribution in [2.75, 3.05) is 24.2 Å². The second-order valence-electron chi connectivity index (χ2n) is 8.78. The summed E-state index contributed by atoms with van der Waals surface area (Å²) < 4.78 is 44.3. The monoisotopic (exact) mass is 521 g/mol. The molecule has 2 aromatic carbocycles. The molecule has 0 aliphatic heterocycles. The van der Waals surface area contributed by atoms with E-state index in [1.165, 1.54) is 29.2 Å². The second kappa shape index (κ2) is 13.2. The van der Waals surface area contributed by atoms with Gasteiger partial charge in [-0.2, -0.15) is 0 Å². The van der Waals surface area contributed by atoms with Crippen LogP contribution in [0.2, 0.25) is 0 Å². The fourth-order valence-electron chi connectivity index (χ4n) is 3.59. The van der Waals surface area contributed by atoms with E-state index < -0.39 is 21.9 Å². The van der Waals surface area contributed by atoms with Gasteiger partial charge in [0.25, 0.3) is 0 Å². The summed E-state index contributed by atoms with van der Waals surface area (Å²) in [4.78, 5) is 27.6. The molecule has 2 aromatic rings. The first-order valence-electron chi connectivity index (χ1n) is 11.9. The van der Waals surface area contributed by atoms with Crippen LogP contribution in [0.3, 0.4) is 0 Å². The number of ether oxygens (including phenoxy) is 1. The largest absolute Gasteiger partial charge is 0.497 e. The average molecular weight is 522 g/mol. The van der Waals surface area contributed by atoms with Crippen LogP contribution in [-0.4, -0.2) is 57.1 Å². The minimum atomic E-state index is -3.64. The number of nitrogens with zero attached hydrogens (tertiary/aromatic N) is 2. The SMILES string of the molecule is CCC(C)NC(=O)C(C)N(Cc1ccc(OC)cc1)C(=O)CCCN(c1ccc(F)cc1)S(C)(=O)=O. The highest BCUT2D eigenvalue weighted by Gasteiger charge is 2.27. The van der Waals surface area contributed by atoms with Gasteiger partial charge in [0, 0.05) is 25.6 Å². The van der Waals surface area contributed by atoms with E-state index in [-0.39, 0.29) is 43.8 Å². The van der Waals surface area contributed by atoms with Gasteiger partial charge in [-0.15, -0.1) is 0 Å². The molecule has 0 saturated heterocycles.